The number of rotatable bonds is 7. The molecule has 3 amide bonds. The number of piperidine rings is 1. The summed E-state index contributed by atoms with van der Waals surface area (Å²) in [5, 5.41) is 21.3. The van der Waals surface area contributed by atoms with E-state index in [1.165, 1.54) is 4.90 Å². The Morgan fingerprint density at radius 2 is 2.13 bits per heavy atom. The van der Waals surface area contributed by atoms with Gasteiger partial charge in [-0.2, -0.15) is 5.10 Å². The summed E-state index contributed by atoms with van der Waals surface area (Å²) in [5.74, 6) is -1.06. The molecule has 31 heavy (non-hydrogen) atoms. The molecule has 12 heteroatoms. The fourth-order valence-electron chi connectivity index (χ4n) is 3.54. The van der Waals surface area contributed by atoms with E-state index in [0.717, 1.165) is 6.42 Å². The van der Waals surface area contributed by atoms with Gasteiger partial charge < -0.3 is 24.7 Å². The first-order valence-corrected chi connectivity index (χ1v) is 10.0. The quantitative estimate of drug-likeness (QED) is 0.520. The fourth-order valence-corrected chi connectivity index (χ4v) is 3.54. The van der Waals surface area contributed by atoms with Gasteiger partial charge in [0.2, 0.25) is 11.8 Å². The van der Waals surface area contributed by atoms with Crippen molar-refractivity contribution in [3.63, 3.8) is 0 Å². The molecule has 3 heterocycles. The van der Waals surface area contributed by atoms with E-state index in [-0.39, 0.29) is 38.0 Å². The van der Waals surface area contributed by atoms with Gasteiger partial charge in [0.1, 0.15) is 13.2 Å². The van der Waals surface area contributed by atoms with Crippen LogP contribution >= 0.6 is 0 Å². The van der Waals surface area contributed by atoms with Crippen molar-refractivity contribution < 1.29 is 34.1 Å². The van der Waals surface area contributed by atoms with Crippen LogP contribution in [0.1, 0.15) is 12.8 Å². The summed E-state index contributed by atoms with van der Waals surface area (Å²) < 4.78 is 6.64. The number of carbonyl (C=O) groups excluding carboxylic acids is 3. The summed E-state index contributed by atoms with van der Waals surface area (Å²) in [6.07, 6.45) is 3.39. The molecule has 0 radical (unpaired) electrons. The first-order chi connectivity index (χ1) is 14.9. The maximum absolute atomic E-state index is 12.8. The van der Waals surface area contributed by atoms with Crippen LogP contribution in [0.5, 0.6) is 0 Å². The topological polar surface area (TPSA) is 146 Å². The summed E-state index contributed by atoms with van der Waals surface area (Å²) >= 11 is 0. The summed E-state index contributed by atoms with van der Waals surface area (Å²) in [4.78, 5) is 49.7. The van der Waals surface area contributed by atoms with Gasteiger partial charge in [0.25, 0.3) is 6.47 Å². The molecule has 1 aromatic heterocycles. The summed E-state index contributed by atoms with van der Waals surface area (Å²) in [7, 11) is 1.71. The predicted molar refractivity (Wildman–Crippen MR) is 107 cm³/mol. The van der Waals surface area contributed by atoms with Gasteiger partial charge in [-0.3, -0.25) is 24.0 Å². The van der Waals surface area contributed by atoms with Crippen LogP contribution < -0.4 is 0 Å². The van der Waals surface area contributed by atoms with Gasteiger partial charge in [-0.15, -0.1) is 0 Å². The monoisotopic (exact) mass is 439 g/mol. The lowest BCUT2D eigenvalue weighted by atomic mass is 9.93. The zero-order valence-electron chi connectivity index (χ0n) is 17.5. The fraction of sp³-hybridized carbons (Fsp3) is 0.632. The van der Waals surface area contributed by atoms with Gasteiger partial charge >= 0.3 is 6.09 Å². The number of hydrogen-bond donors (Lipinski definition) is 2. The maximum atomic E-state index is 12.8. The van der Waals surface area contributed by atoms with E-state index in [4.69, 9.17) is 14.6 Å². The Labute approximate surface area is 179 Å². The number of cyclic esters (lactones) is 1. The SMILES string of the molecule is CN(CCCn1cccn1)C(=O)[C@H]1CN(C(=O)CN2CCOC2=O)CC[C@H]1O.O=CO. The van der Waals surface area contributed by atoms with Crippen LogP contribution in [-0.4, -0.2) is 112 Å². The van der Waals surface area contributed by atoms with E-state index < -0.39 is 18.1 Å². The number of nitrogens with zero attached hydrogens (tertiary/aromatic N) is 5. The standard InChI is InChI=1S/C18H27N5O5.CH2O2/c1-20(6-3-8-23-7-2-5-19-23)17(26)14-12-21(9-4-15(14)24)16(25)13-22-10-11-28-18(22)27;2-1-3/h2,5,7,14-15,24H,3-4,6,8-13H2,1H3;1H,(H,2,3)/t14-,15+;/m0./s1. The van der Waals surface area contributed by atoms with E-state index in [2.05, 4.69) is 5.10 Å². The molecule has 0 unspecified atom stereocenters. The van der Waals surface area contributed by atoms with Gasteiger partial charge in [0.05, 0.1) is 18.6 Å². The smallest absolute Gasteiger partial charge is 0.410 e. The number of hydrogen-bond acceptors (Lipinski definition) is 7. The molecule has 2 aliphatic rings. The molecular weight excluding hydrogens is 410 g/mol. The van der Waals surface area contributed by atoms with Gasteiger partial charge in [-0.05, 0) is 18.9 Å². The minimum Gasteiger partial charge on any atom is -0.483 e. The van der Waals surface area contributed by atoms with E-state index >= 15 is 0 Å². The van der Waals surface area contributed by atoms with Crippen molar-refractivity contribution in [2.45, 2.75) is 25.5 Å². The zero-order chi connectivity index (χ0) is 22.8. The van der Waals surface area contributed by atoms with Gasteiger partial charge in [0, 0.05) is 45.6 Å². The molecule has 172 valence electrons. The van der Waals surface area contributed by atoms with Gasteiger partial charge in [0.15, 0.2) is 0 Å². The molecule has 2 N–H and O–H groups in total. The van der Waals surface area contributed by atoms with Crippen LogP contribution in [0.3, 0.4) is 0 Å². The number of carbonyl (C=O) groups is 4. The van der Waals surface area contributed by atoms with Crippen LogP contribution in [0.25, 0.3) is 0 Å². The number of amides is 3. The van der Waals surface area contributed by atoms with E-state index in [1.807, 2.05) is 12.3 Å². The van der Waals surface area contributed by atoms with Crippen LogP contribution in [0.15, 0.2) is 18.5 Å². The van der Waals surface area contributed by atoms with Crippen LogP contribution in [0, 0.1) is 5.92 Å². The Kier molecular flexibility index (Phi) is 9.25. The lowest BCUT2D eigenvalue weighted by molar-refractivity contribution is -0.145. The predicted octanol–water partition coefficient (Wildman–Crippen LogP) is -0.906. The lowest BCUT2D eigenvalue weighted by Gasteiger charge is -2.37. The highest BCUT2D eigenvalue weighted by atomic mass is 16.6. The molecule has 1 aromatic rings. The van der Waals surface area contributed by atoms with Crippen molar-refractivity contribution in [2.75, 3.05) is 46.4 Å². The van der Waals surface area contributed by atoms with Crippen LogP contribution in [0.2, 0.25) is 0 Å². The van der Waals surface area contributed by atoms with Crippen molar-refractivity contribution >= 4 is 24.4 Å². The third-order valence-corrected chi connectivity index (χ3v) is 5.23. The Balaban J connectivity index is 0.00000107. The number of aliphatic hydroxyl groups excluding tert-OH is 1. The molecular formula is C19H29N5O7. The van der Waals surface area contributed by atoms with Crippen molar-refractivity contribution in [3.05, 3.63) is 18.5 Å². The second-order valence-electron chi connectivity index (χ2n) is 7.33. The number of aromatic nitrogens is 2. The summed E-state index contributed by atoms with van der Waals surface area (Å²) in [6.45, 7) is 2.14. The zero-order valence-corrected chi connectivity index (χ0v) is 17.5. The molecule has 12 nitrogen and oxygen atoms in total. The van der Waals surface area contributed by atoms with Crippen LogP contribution in [-0.2, 0) is 25.7 Å². The molecule has 2 saturated heterocycles. The third-order valence-electron chi connectivity index (χ3n) is 5.23. The molecule has 0 saturated carbocycles. The third kappa shape index (κ3) is 6.95. The average molecular weight is 439 g/mol. The minimum atomic E-state index is -0.776. The second kappa shape index (κ2) is 11.9. The van der Waals surface area contributed by atoms with E-state index in [0.29, 0.717) is 32.6 Å². The number of aliphatic hydroxyl groups is 1. The first kappa shape index (κ1) is 24.1. The Hall–Kier alpha value is -3.15. The molecule has 0 bridgehead atoms. The molecule has 2 aliphatic heterocycles. The minimum absolute atomic E-state index is 0.0600. The molecule has 0 aromatic carbocycles. The highest BCUT2D eigenvalue weighted by Gasteiger charge is 2.37. The molecule has 0 spiro atoms. The van der Waals surface area contributed by atoms with Crippen LogP contribution in [0.4, 0.5) is 4.79 Å². The van der Waals surface area contributed by atoms with Gasteiger partial charge in [-0.1, -0.05) is 0 Å². The van der Waals surface area contributed by atoms with Crippen molar-refractivity contribution in [1.82, 2.24) is 24.5 Å². The first-order valence-electron chi connectivity index (χ1n) is 10.0. The van der Waals surface area contributed by atoms with E-state index in [9.17, 15) is 19.5 Å². The number of aryl methyl sites for hydroxylation is 1. The number of ether oxygens (including phenoxy) is 1. The lowest BCUT2D eigenvalue weighted by Crippen LogP contribution is -2.53. The molecule has 0 aliphatic carbocycles. The van der Waals surface area contributed by atoms with Crippen molar-refractivity contribution in [3.8, 4) is 0 Å². The largest absolute Gasteiger partial charge is 0.483 e. The van der Waals surface area contributed by atoms with E-state index in [1.54, 1.807) is 27.7 Å². The summed E-state index contributed by atoms with van der Waals surface area (Å²) in [6, 6.07) is 1.85. The Morgan fingerprint density at radius 1 is 1.39 bits per heavy atom. The number of likely N-dealkylation sites (tertiary alicyclic amines) is 1. The molecule has 2 fully saturated rings. The van der Waals surface area contributed by atoms with Crippen molar-refractivity contribution in [2.24, 2.45) is 5.92 Å². The number of carboxylic acid groups (broad SMARTS) is 1. The molecule has 2 atom stereocenters. The van der Waals surface area contributed by atoms with Gasteiger partial charge in [-0.25, -0.2) is 4.79 Å². The Bertz CT molecular complexity index is 742. The second-order valence-corrected chi connectivity index (χ2v) is 7.33. The maximum Gasteiger partial charge on any atom is 0.410 e. The van der Waals surface area contributed by atoms with Crippen molar-refractivity contribution in [1.29, 1.82) is 0 Å². The summed E-state index contributed by atoms with van der Waals surface area (Å²) in [5.41, 5.74) is 0. The average Bonchev–Trinajstić information content (AvgIpc) is 3.40. The highest BCUT2D eigenvalue weighted by molar-refractivity contribution is 5.84. The highest BCUT2D eigenvalue weighted by Crippen LogP contribution is 2.20. The molecule has 3 rings (SSSR count). The normalized spacial score (nSPS) is 20.5. The Morgan fingerprint density at radius 3 is 2.74 bits per heavy atom.